The molecule has 1 aliphatic carbocycles. The SMILES string of the molecule is C/C=C/CNC1CCCCCC1O. The summed E-state index contributed by atoms with van der Waals surface area (Å²) < 4.78 is 0. The van der Waals surface area contributed by atoms with Crippen molar-refractivity contribution < 1.29 is 5.11 Å². The van der Waals surface area contributed by atoms with E-state index in [0.29, 0.717) is 6.04 Å². The second-order valence-corrected chi connectivity index (χ2v) is 3.79. The van der Waals surface area contributed by atoms with Gasteiger partial charge >= 0.3 is 0 Å². The van der Waals surface area contributed by atoms with Gasteiger partial charge in [0.1, 0.15) is 0 Å². The molecule has 0 spiro atoms. The third-order valence-corrected chi connectivity index (χ3v) is 2.71. The monoisotopic (exact) mass is 183 g/mol. The maximum absolute atomic E-state index is 9.76. The van der Waals surface area contributed by atoms with Crippen molar-refractivity contribution in [2.45, 2.75) is 51.2 Å². The van der Waals surface area contributed by atoms with Gasteiger partial charge in [0.15, 0.2) is 0 Å². The van der Waals surface area contributed by atoms with Crippen LogP contribution in [0.2, 0.25) is 0 Å². The third-order valence-electron chi connectivity index (χ3n) is 2.71. The molecule has 1 saturated carbocycles. The molecule has 1 fully saturated rings. The highest BCUT2D eigenvalue weighted by Crippen LogP contribution is 2.17. The Morgan fingerprint density at radius 2 is 2.08 bits per heavy atom. The van der Waals surface area contributed by atoms with Gasteiger partial charge in [-0.25, -0.2) is 0 Å². The summed E-state index contributed by atoms with van der Waals surface area (Å²) in [5.41, 5.74) is 0. The molecule has 13 heavy (non-hydrogen) atoms. The highest BCUT2D eigenvalue weighted by Gasteiger charge is 2.19. The smallest absolute Gasteiger partial charge is 0.0693 e. The highest BCUT2D eigenvalue weighted by atomic mass is 16.3. The van der Waals surface area contributed by atoms with Crippen LogP contribution in [-0.2, 0) is 0 Å². The first-order valence-corrected chi connectivity index (χ1v) is 5.37. The first kappa shape index (κ1) is 10.7. The predicted octanol–water partition coefficient (Wildman–Crippen LogP) is 1.85. The molecule has 0 radical (unpaired) electrons. The average molecular weight is 183 g/mol. The quantitative estimate of drug-likeness (QED) is 0.517. The zero-order chi connectivity index (χ0) is 9.52. The van der Waals surface area contributed by atoms with Crippen molar-refractivity contribution in [2.24, 2.45) is 0 Å². The molecule has 0 saturated heterocycles. The van der Waals surface area contributed by atoms with Crippen molar-refractivity contribution >= 4 is 0 Å². The second-order valence-electron chi connectivity index (χ2n) is 3.79. The first-order chi connectivity index (χ1) is 6.34. The molecule has 76 valence electrons. The predicted molar refractivity (Wildman–Crippen MR) is 55.7 cm³/mol. The van der Waals surface area contributed by atoms with Crippen molar-refractivity contribution in [3.8, 4) is 0 Å². The molecule has 2 unspecified atom stereocenters. The molecule has 0 bridgehead atoms. The van der Waals surface area contributed by atoms with Crippen LogP contribution in [0.1, 0.15) is 39.0 Å². The number of aliphatic hydroxyl groups excluding tert-OH is 1. The van der Waals surface area contributed by atoms with E-state index in [1.54, 1.807) is 0 Å². The standard InChI is InChI=1S/C11H21NO/c1-2-3-9-12-10-7-5-4-6-8-11(10)13/h2-3,10-13H,4-9H2,1H3/b3-2+. The lowest BCUT2D eigenvalue weighted by atomic mass is 10.1. The van der Waals surface area contributed by atoms with Crippen LogP contribution < -0.4 is 5.32 Å². The fourth-order valence-electron chi connectivity index (χ4n) is 1.86. The summed E-state index contributed by atoms with van der Waals surface area (Å²) >= 11 is 0. The van der Waals surface area contributed by atoms with E-state index in [2.05, 4.69) is 11.4 Å². The number of allylic oxidation sites excluding steroid dienone is 1. The van der Waals surface area contributed by atoms with Crippen LogP contribution in [-0.4, -0.2) is 23.8 Å². The Labute approximate surface area is 81.0 Å². The van der Waals surface area contributed by atoms with Crippen molar-refractivity contribution in [2.75, 3.05) is 6.54 Å². The van der Waals surface area contributed by atoms with Crippen molar-refractivity contribution in [1.82, 2.24) is 5.32 Å². The molecule has 1 aliphatic rings. The highest BCUT2D eigenvalue weighted by molar-refractivity contribution is 4.85. The molecule has 2 nitrogen and oxygen atoms in total. The minimum Gasteiger partial charge on any atom is -0.392 e. The van der Waals surface area contributed by atoms with Crippen LogP contribution in [0.4, 0.5) is 0 Å². The second kappa shape index (κ2) is 6.17. The Bertz CT molecular complexity index is 156. The van der Waals surface area contributed by atoms with E-state index >= 15 is 0 Å². The molecule has 2 heteroatoms. The van der Waals surface area contributed by atoms with Crippen LogP contribution in [0.5, 0.6) is 0 Å². The lowest BCUT2D eigenvalue weighted by Crippen LogP contribution is -2.39. The van der Waals surface area contributed by atoms with Gasteiger partial charge in [-0.2, -0.15) is 0 Å². The molecule has 0 aromatic carbocycles. The molecule has 1 rings (SSSR count). The molecule has 0 aliphatic heterocycles. The number of aliphatic hydroxyl groups is 1. The van der Waals surface area contributed by atoms with Gasteiger partial charge < -0.3 is 10.4 Å². The van der Waals surface area contributed by atoms with Gasteiger partial charge in [-0.15, -0.1) is 0 Å². The number of hydrogen-bond acceptors (Lipinski definition) is 2. The Hall–Kier alpha value is -0.340. The topological polar surface area (TPSA) is 32.3 Å². The van der Waals surface area contributed by atoms with Gasteiger partial charge in [0.25, 0.3) is 0 Å². The maximum Gasteiger partial charge on any atom is 0.0693 e. The molecule has 0 amide bonds. The number of nitrogens with one attached hydrogen (secondary N) is 1. The molecule has 0 heterocycles. The summed E-state index contributed by atoms with van der Waals surface area (Å²) in [7, 11) is 0. The molecule has 0 aromatic heterocycles. The number of hydrogen-bond donors (Lipinski definition) is 2. The molecular weight excluding hydrogens is 162 g/mol. The zero-order valence-corrected chi connectivity index (χ0v) is 8.50. The Morgan fingerprint density at radius 3 is 2.85 bits per heavy atom. The largest absolute Gasteiger partial charge is 0.392 e. The van der Waals surface area contributed by atoms with Crippen LogP contribution >= 0.6 is 0 Å². The summed E-state index contributed by atoms with van der Waals surface area (Å²) in [4.78, 5) is 0. The minimum atomic E-state index is -0.132. The van der Waals surface area contributed by atoms with Gasteiger partial charge in [0, 0.05) is 12.6 Å². The Balaban J connectivity index is 2.27. The lowest BCUT2D eigenvalue weighted by Gasteiger charge is -2.20. The fraction of sp³-hybridized carbons (Fsp3) is 0.818. The average Bonchev–Trinajstić information content (AvgIpc) is 2.32. The van der Waals surface area contributed by atoms with Gasteiger partial charge in [-0.05, 0) is 19.8 Å². The van der Waals surface area contributed by atoms with E-state index in [9.17, 15) is 5.11 Å². The summed E-state index contributed by atoms with van der Waals surface area (Å²) in [6, 6.07) is 0.318. The number of rotatable bonds is 3. The van der Waals surface area contributed by atoms with E-state index in [-0.39, 0.29) is 6.10 Å². The lowest BCUT2D eigenvalue weighted by molar-refractivity contribution is 0.122. The van der Waals surface area contributed by atoms with Gasteiger partial charge in [0.05, 0.1) is 6.10 Å². The Kier molecular flexibility index (Phi) is 5.09. The van der Waals surface area contributed by atoms with E-state index in [1.807, 2.05) is 13.0 Å². The van der Waals surface area contributed by atoms with E-state index in [0.717, 1.165) is 19.4 Å². The van der Waals surface area contributed by atoms with Crippen molar-refractivity contribution in [1.29, 1.82) is 0 Å². The van der Waals surface area contributed by atoms with E-state index in [1.165, 1.54) is 19.3 Å². The van der Waals surface area contributed by atoms with Gasteiger partial charge in [-0.3, -0.25) is 0 Å². The van der Waals surface area contributed by atoms with E-state index < -0.39 is 0 Å². The molecule has 0 aromatic rings. The summed E-state index contributed by atoms with van der Waals surface area (Å²) in [6.07, 6.45) is 9.81. The summed E-state index contributed by atoms with van der Waals surface area (Å²) in [5.74, 6) is 0. The molecular formula is C11H21NO. The Morgan fingerprint density at radius 1 is 1.31 bits per heavy atom. The normalized spacial score (nSPS) is 30.6. The van der Waals surface area contributed by atoms with Crippen LogP contribution in [0, 0.1) is 0 Å². The third kappa shape index (κ3) is 3.92. The zero-order valence-electron chi connectivity index (χ0n) is 8.50. The van der Waals surface area contributed by atoms with Gasteiger partial charge in [0.2, 0.25) is 0 Å². The van der Waals surface area contributed by atoms with Gasteiger partial charge in [-0.1, -0.05) is 31.4 Å². The first-order valence-electron chi connectivity index (χ1n) is 5.37. The molecule has 2 N–H and O–H groups in total. The molecule has 2 atom stereocenters. The van der Waals surface area contributed by atoms with Crippen LogP contribution in [0.15, 0.2) is 12.2 Å². The summed E-state index contributed by atoms with van der Waals surface area (Å²) in [6.45, 7) is 2.91. The maximum atomic E-state index is 9.76. The van der Waals surface area contributed by atoms with Crippen molar-refractivity contribution in [3.63, 3.8) is 0 Å². The van der Waals surface area contributed by atoms with E-state index in [4.69, 9.17) is 0 Å². The van der Waals surface area contributed by atoms with Crippen LogP contribution in [0.25, 0.3) is 0 Å². The summed E-state index contributed by atoms with van der Waals surface area (Å²) in [5, 5.41) is 13.1. The van der Waals surface area contributed by atoms with Crippen LogP contribution in [0.3, 0.4) is 0 Å². The fourth-order valence-corrected chi connectivity index (χ4v) is 1.86. The minimum absolute atomic E-state index is 0.132. The van der Waals surface area contributed by atoms with Crippen molar-refractivity contribution in [3.05, 3.63) is 12.2 Å².